The highest BCUT2D eigenvalue weighted by molar-refractivity contribution is 7.08. The number of likely N-dealkylation sites (tertiary alicyclic amines) is 1. The molecule has 0 spiro atoms. The van der Waals surface area contributed by atoms with Gasteiger partial charge in [0.25, 0.3) is 0 Å². The number of ether oxygens (including phenoxy) is 2. The first kappa shape index (κ1) is 43.9. The Labute approximate surface area is 355 Å². The van der Waals surface area contributed by atoms with E-state index < -0.39 is 14.4 Å². The summed E-state index contributed by atoms with van der Waals surface area (Å²) in [5.41, 5.74) is 5.00. The number of methoxy groups -OCH3 is 1. The van der Waals surface area contributed by atoms with Gasteiger partial charge in [0, 0.05) is 79.6 Å². The van der Waals surface area contributed by atoms with E-state index in [-0.39, 0.29) is 40.9 Å². The van der Waals surface area contributed by atoms with Crippen molar-refractivity contribution in [2.75, 3.05) is 43.0 Å². The van der Waals surface area contributed by atoms with Crippen LogP contribution in [0, 0.1) is 0 Å². The Kier molecular flexibility index (Phi) is 14.2. The number of fused-ring (bicyclic) bond motifs is 1. The Hall–Kier alpha value is -4.70. The van der Waals surface area contributed by atoms with Gasteiger partial charge in [-0.1, -0.05) is 51.1 Å². The van der Waals surface area contributed by atoms with Crippen LogP contribution in [0.1, 0.15) is 57.3 Å². The number of benzene rings is 3. The van der Waals surface area contributed by atoms with E-state index in [4.69, 9.17) is 25.7 Å². The van der Waals surface area contributed by atoms with Crippen LogP contribution in [0.15, 0.2) is 88.4 Å². The number of aromatic hydroxyl groups is 1. The topological polar surface area (TPSA) is 145 Å². The maximum absolute atomic E-state index is 13.3. The van der Waals surface area contributed by atoms with Crippen molar-refractivity contribution in [2.45, 2.75) is 76.9 Å². The van der Waals surface area contributed by atoms with Gasteiger partial charge in [-0.2, -0.15) is 11.3 Å². The molecule has 2 amide bonds. The number of hydrogen-bond donors (Lipinski definition) is 4. The van der Waals surface area contributed by atoms with Crippen LogP contribution < -0.4 is 25.3 Å². The quantitative estimate of drug-likeness (QED) is 0.0598. The molecule has 15 heteroatoms. The molecule has 5 aromatic rings. The third-order valence-corrected chi connectivity index (χ3v) is 16.9. The second kappa shape index (κ2) is 19.1. The number of piperidine rings is 1. The molecule has 0 bridgehead atoms. The fraction of sp³-hybridized carbons (Fsp3) is 0.386. The van der Waals surface area contributed by atoms with E-state index >= 15 is 0 Å². The predicted octanol–water partition coefficient (Wildman–Crippen LogP) is 9.41. The third-order valence-electron chi connectivity index (χ3n) is 11.3. The molecule has 3 heterocycles. The molecule has 1 aliphatic rings. The number of H-pyrrole nitrogens is 1. The third kappa shape index (κ3) is 10.9. The number of hydrogen-bond acceptors (Lipinski definition) is 10. The van der Waals surface area contributed by atoms with E-state index in [0.29, 0.717) is 68.2 Å². The fourth-order valence-corrected chi connectivity index (χ4v) is 9.05. The maximum Gasteiger partial charge on any atom is 0.411 e. The van der Waals surface area contributed by atoms with Gasteiger partial charge in [0.15, 0.2) is 8.32 Å². The van der Waals surface area contributed by atoms with Crippen molar-refractivity contribution < 1.29 is 28.6 Å². The average Bonchev–Trinajstić information content (AvgIpc) is 3.75. The van der Waals surface area contributed by atoms with Crippen molar-refractivity contribution in [2.24, 2.45) is 0 Å². The molecule has 6 rings (SSSR count). The zero-order valence-corrected chi connectivity index (χ0v) is 37.0. The summed E-state index contributed by atoms with van der Waals surface area (Å²) in [6.45, 7) is 13.7. The lowest BCUT2D eigenvalue weighted by molar-refractivity contribution is -0.117. The van der Waals surface area contributed by atoms with Crippen LogP contribution in [-0.4, -0.2) is 74.7 Å². The number of carbonyl (C=O) groups excluding carboxylic acids is 2. The van der Waals surface area contributed by atoms with Crippen LogP contribution in [0.5, 0.6) is 11.5 Å². The molecule has 0 aliphatic carbocycles. The van der Waals surface area contributed by atoms with Crippen molar-refractivity contribution in [3.05, 3.63) is 105 Å². The number of aromatic nitrogens is 1. The van der Waals surface area contributed by atoms with Crippen molar-refractivity contribution in [1.29, 1.82) is 0 Å². The minimum absolute atomic E-state index is 0.00168. The van der Waals surface area contributed by atoms with E-state index in [1.165, 1.54) is 6.07 Å². The predicted molar refractivity (Wildman–Crippen MR) is 239 cm³/mol. The monoisotopic (exact) mass is 859 g/mol. The molecule has 314 valence electrons. The summed E-state index contributed by atoms with van der Waals surface area (Å²) < 4.78 is 19.6. The van der Waals surface area contributed by atoms with E-state index in [2.05, 4.69) is 54.4 Å². The summed E-state index contributed by atoms with van der Waals surface area (Å²) in [7, 11) is -0.684. The van der Waals surface area contributed by atoms with Gasteiger partial charge in [-0.3, -0.25) is 14.9 Å². The van der Waals surface area contributed by atoms with Gasteiger partial charge in [0.05, 0.1) is 30.1 Å². The normalized spacial score (nSPS) is 14.6. The highest BCUT2D eigenvalue weighted by Crippen LogP contribution is 2.41. The first-order valence-electron chi connectivity index (χ1n) is 19.8. The zero-order chi connectivity index (χ0) is 42.3. The Bertz CT molecular complexity index is 2290. The van der Waals surface area contributed by atoms with E-state index in [1.54, 1.807) is 42.7 Å². The molecule has 2 aromatic heterocycles. The van der Waals surface area contributed by atoms with E-state index in [9.17, 15) is 19.5 Å². The van der Waals surface area contributed by atoms with Gasteiger partial charge in [0.2, 0.25) is 11.5 Å². The number of anilines is 2. The number of nitrogens with zero attached hydrogens (tertiary/aromatic N) is 2. The zero-order valence-electron chi connectivity index (χ0n) is 34.5. The summed E-state index contributed by atoms with van der Waals surface area (Å²) >= 11 is 8.21. The Morgan fingerprint density at radius 3 is 2.54 bits per heavy atom. The Morgan fingerprint density at radius 2 is 1.83 bits per heavy atom. The second-order valence-corrected chi connectivity index (χ2v) is 22.2. The Morgan fingerprint density at radius 1 is 1.07 bits per heavy atom. The lowest BCUT2D eigenvalue weighted by atomic mass is 10.0. The lowest BCUT2D eigenvalue weighted by Crippen LogP contribution is -2.43. The second-order valence-electron chi connectivity index (χ2n) is 16.3. The number of pyridine rings is 1. The van der Waals surface area contributed by atoms with Crippen molar-refractivity contribution in [3.8, 4) is 22.6 Å². The molecule has 1 saturated heterocycles. The number of para-hydroxylation sites is 1. The number of phenolic OH excluding ortho intramolecular Hbond substituents is 1. The molecular formula is C44H54ClN5O7SSi. The van der Waals surface area contributed by atoms with Crippen LogP contribution in [0.25, 0.3) is 22.0 Å². The van der Waals surface area contributed by atoms with E-state index in [0.717, 1.165) is 32.1 Å². The molecule has 4 N–H and O–H groups in total. The number of aromatic amines is 1. The van der Waals surface area contributed by atoms with Crippen LogP contribution >= 0.6 is 23.1 Å². The molecule has 0 radical (unpaired) electrons. The number of carbonyl (C=O) groups is 2. The van der Waals surface area contributed by atoms with Gasteiger partial charge in [-0.25, -0.2) is 9.21 Å². The molecule has 1 fully saturated rings. The molecule has 0 saturated carbocycles. The van der Waals surface area contributed by atoms with Gasteiger partial charge in [-0.05, 0) is 83.2 Å². The lowest BCUT2D eigenvalue weighted by Gasteiger charge is -2.39. The number of amides is 2. The van der Waals surface area contributed by atoms with Crippen molar-refractivity contribution in [3.63, 3.8) is 0 Å². The molecule has 12 nitrogen and oxygen atoms in total. The van der Waals surface area contributed by atoms with Gasteiger partial charge in [-0.15, -0.1) is 0 Å². The number of phenols is 1. The average molecular weight is 861 g/mol. The van der Waals surface area contributed by atoms with Crippen molar-refractivity contribution in [1.82, 2.24) is 15.2 Å². The summed E-state index contributed by atoms with van der Waals surface area (Å²) in [4.78, 5) is 43.1. The highest BCUT2D eigenvalue weighted by Gasteiger charge is 2.40. The van der Waals surface area contributed by atoms with Crippen LogP contribution in [0.3, 0.4) is 0 Å². The standard InChI is InChI=1S/C44H54ClN5O7SSi/c1-44(2,3)59(5,6)57-39(34-13-15-37(51)42-35(34)14-16-40(52)48-42)27-46-26-29-11-12-31(25-38(29)55-4)50(45)41(53)19-23-49-21-17-32(18-22-49)56-43(54)47-36-10-8-7-9-33(36)30-20-24-58-28-30/h7-16,20,24-25,28,32,39,46,51H,17-19,21-23,26-27H2,1-6H3,(H,47,54)(H,48,52). The van der Waals surface area contributed by atoms with Gasteiger partial charge >= 0.3 is 6.09 Å². The van der Waals surface area contributed by atoms with Crippen LogP contribution in [0.2, 0.25) is 18.1 Å². The summed E-state index contributed by atoms with van der Waals surface area (Å²) in [5, 5.41) is 21.7. The Balaban J connectivity index is 1.01. The number of rotatable bonds is 15. The number of halogens is 1. The minimum Gasteiger partial charge on any atom is -0.506 e. The SMILES string of the molecule is COc1cc(N(Cl)C(=O)CCN2CCC(OC(=O)Nc3ccccc3-c3ccsc3)CC2)ccc1CNCC(O[Si](C)(C)C(C)(C)C)c1ccc(O)c2[nH]c(=O)ccc12. The maximum atomic E-state index is 13.3. The first-order valence-corrected chi connectivity index (χ1v) is 24.0. The molecule has 1 unspecified atom stereocenters. The van der Waals surface area contributed by atoms with Gasteiger partial charge in [0.1, 0.15) is 17.6 Å². The fourth-order valence-electron chi connectivity index (χ4n) is 6.93. The summed E-state index contributed by atoms with van der Waals surface area (Å²) in [6, 6.07) is 21.7. The largest absolute Gasteiger partial charge is 0.506 e. The number of nitrogens with one attached hydrogen (secondary N) is 3. The highest BCUT2D eigenvalue weighted by atomic mass is 35.5. The number of thiophene rings is 1. The van der Waals surface area contributed by atoms with Gasteiger partial charge < -0.3 is 34.2 Å². The van der Waals surface area contributed by atoms with E-state index in [1.807, 2.05) is 53.2 Å². The smallest absolute Gasteiger partial charge is 0.411 e. The molecule has 1 aliphatic heterocycles. The van der Waals surface area contributed by atoms with Crippen LogP contribution in [-0.2, 0) is 20.5 Å². The molecule has 3 aromatic carbocycles. The van der Waals surface area contributed by atoms with Crippen LogP contribution in [0.4, 0.5) is 16.2 Å². The molecular weight excluding hydrogens is 806 g/mol. The summed E-state index contributed by atoms with van der Waals surface area (Å²) in [6.07, 6.45) is 0.486. The first-order chi connectivity index (χ1) is 28.1. The minimum atomic E-state index is -2.26. The summed E-state index contributed by atoms with van der Waals surface area (Å²) in [5.74, 6) is 0.331. The molecule has 59 heavy (non-hydrogen) atoms. The van der Waals surface area contributed by atoms with Crippen molar-refractivity contribution >= 4 is 65.7 Å². The molecule has 1 atom stereocenters.